The molecule has 0 aliphatic rings. The number of ether oxygens (including phenoxy) is 2. The standard InChI is InChI=1S/C31H31ClN6O3/c1-20(2)41-29-16-26-24(15-27(29)37-30(39)9-7-13-38(3)4)31(21(17-33)18-35-26)36-22-10-11-28(25(32)14-22)40-19-23-8-5-6-12-34-23/h5-12,14-16,18,20H,13,19H2,1-4H3,(H,35,36)(H,37,39)/b9-7+. The Labute approximate surface area is 244 Å². The fourth-order valence-corrected chi connectivity index (χ4v) is 4.14. The highest BCUT2D eigenvalue weighted by atomic mass is 35.5. The van der Waals surface area contributed by atoms with E-state index >= 15 is 0 Å². The number of fused-ring (bicyclic) bond motifs is 1. The van der Waals surface area contributed by atoms with E-state index in [1.807, 2.05) is 57.1 Å². The minimum Gasteiger partial charge on any atom is -0.489 e. The molecule has 2 heterocycles. The summed E-state index contributed by atoms with van der Waals surface area (Å²) in [6, 6.07) is 16.6. The van der Waals surface area contributed by atoms with Gasteiger partial charge in [0.05, 0.1) is 39.3 Å². The van der Waals surface area contributed by atoms with E-state index < -0.39 is 0 Å². The first-order valence-corrected chi connectivity index (χ1v) is 13.4. The van der Waals surface area contributed by atoms with Gasteiger partial charge in [0.2, 0.25) is 5.91 Å². The summed E-state index contributed by atoms with van der Waals surface area (Å²) in [5.41, 5.74) is 3.32. The van der Waals surface area contributed by atoms with Gasteiger partial charge in [0.25, 0.3) is 0 Å². The molecule has 2 N–H and O–H groups in total. The topological polar surface area (TPSA) is 112 Å². The first-order chi connectivity index (χ1) is 19.7. The third-order valence-corrected chi connectivity index (χ3v) is 6.05. The molecule has 41 heavy (non-hydrogen) atoms. The highest BCUT2D eigenvalue weighted by Gasteiger charge is 2.16. The number of nitrogens with zero attached hydrogens (tertiary/aromatic N) is 4. The molecule has 4 aromatic rings. The Bertz CT molecular complexity index is 1600. The zero-order valence-electron chi connectivity index (χ0n) is 23.3. The van der Waals surface area contributed by atoms with E-state index in [2.05, 4.69) is 26.7 Å². The molecule has 10 heteroatoms. The number of halogens is 1. The molecule has 0 saturated heterocycles. The number of carbonyl (C=O) groups excluding carboxylic acids is 1. The van der Waals surface area contributed by atoms with Gasteiger partial charge in [0.15, 0.2) is 0 Å². The van der Waals surface area contributed by atoms with Crippen molar-refractivity contribution in [3.63, 3.8) is 0 Å². The molecule has 0 aliphatic heterocycles. The number of aromatic nitrogens is 2. The smallest absolute Gasteiger partial charge is 0.248 e. The van der Waals surface area contributed by atoms with Crippen LogP contribution in [0.1, 0.15) is 25.1 Å². The molecule has 0 saturated carbocycles. The van der Waals surface area contributed by atoms with Crippen LogP contribution in [0.4, 0.5) is 17.1 Å². The number of pyridine rings is 2. The maximum Gasteiger partial charge on any atom is 0.248 e. The number of anilines is 3. The van der Waals surface area contributed by atoms with Gasteiger partial charge in [-0.25, -0.2) is 0 Å². The molecule has 4 rings (SSSR count). The second-order valence-corrected chi connectivity index (χ2v) is 10.1. The van der Waals surface area contributed by atoms with E-state index in [0.29, 0.717) is 56.6 Å². The van der Waals surface area contributed by atoms with Crippen LogP contribution < -0.4 is 20.1 Å². The quantitative estimate of drug-likeness (QED) is 0.201. The normalized spacial score (nSPS) is 11.2. The number of hydrogen-bond acceptors (Lipinski definition) is 8. The Balaban J connectivity index is 1.66. The summed E-state index contributed by atoms with van der Waals surface area (Å²) in [6.07, 6.45) is 6.32. The van der Waals surface area contributed by atoms with E-state index in [0.717, 1.165) is 5.69 Å². The maximum atomic E-state index is 12.7. The molecule has 0 unspecified atom stereocenters. The van der Waals surface area contributed by atoms with Gasteiger partial charge in [-0.1, -0.05) is 23.7 Å². The van der Waals surface area contributed by atoms with Crippen LogP contribution in [0.15, 0.2) is 73.1 Å². The predicted octanol–water partition coefficient (Wildman–Crippen LogP) is 6.32. The van der Waals surface area contributed by atoms with Gasteiger partial charge in [-0.15, -0.1) is 0 Å². The van der Waals surface area contributed by atoms with E-state index in [4.69, 9.17) is 21.1 Å². The molecule has 0 fully saturated rings. The Morgan fingerprint density at radius 2 is 1.98 bits per heavy atom. The summed E-state index contributed by atoms with van der Waals surface area (Å²) in [7, 11) is 3.84. The number of rotatable bonds is 11. The second kappa shape index (κ2) is 13.6. The van der Waals surface area contributed by atoms with Gasteiger partial charge in [-0.05, 0) is 64.3 Å². The van der Waals surface area contributed by atoms with Gasteiger partial charge in [0.1, 0.15) is 24.2 Å². The Morgan fingerprint density at radius 3 is 2.66 bits per heavy atom. The van der Waals surface area contributed by atoms with Crippen molar-refractivity contribution in [3.05, 3.63) is 89.4 Å². The molecule has 9 nitrogen and oxygen atoms in total. The lowest BCUT2D eigenvalue weighted by Crippen LogP contribution is -2.14. The molecule has 0 radical (unpaired) electrons. The van der Waals surface area contributed by atoms with E-state index in [1.165, 1.54) is 12.3 Å². The van der Waals surface area contributed by atoms with Crippen molar-refractivity contribution in [2.24, 2.45) is 0 Å². The fraction of sp³-hybridized carbons (Fsp3) is 0.226. The summed E-state index contributed by atoms with van der Waals surface area (Å²) >= 11 is 6.53. The van der Waals surface area contributed by atoms with Gasteiger partial charge >= 0.3 is 0 Å². The van der Waals surface area contributed by atoms with Crippen molar-refractivity contribution in [1.82, 2.24) is 14.9 Å². The van der Waals surface area contributed by atoms with Crippen LogP contribution in [-0.2, 0) is 11.4 Å². The number of nitriles is 1. The van der Waals surface area contributed by atoms with Gasteiger partial charge in [0, 0.05) is 42.2 Å². The number of amides is 1. The zero-order chi connectivity index (χ0) is 29.4. The summed E-state index contributed by atoms with van der Waals surface area (Å²) in [6.45, 7) is 4.71. The largest absolute Gasteiger partial charge is 0.489 e. The van der Waals surface area contributed by atoms with Gasteiger partial charge in [-0.2, -0.15) is 5.26 Å². The number of likely N-dealkylation sites (N-methyl/N-ethyl adjacent to an activating group) is 1. The summed E-state index contributed by atoms with van der Waals surface area (Å²) in [5.74, 6) is 0.681. The molecule has 2 aromatic carbocycles. The first kappa shape index (κ1) is 29.3. The van der Waals surface area contributed by atoms with Gasteiger partial charge < -0.3 is 25.0 Å². The summed E-state index contributed by atoms with van der Waals surface area (Å²) < 4.78 is 11.8. The third kappa shape index (κ3) is 7.94. The lowest BCUT2D eigenvalue weighted by atomic mass is 10.1. The maximum absolute atomic E-state index is 12.7. The van der Waals surface area contributed by atoms with Crippen LogP contribution in [0.3, 0.4) is 0 Å². The molecule has 1 amide bonds. The molecule has 210 valence electrons. The van der Waals surface area contributed by atoms with Crippen LogP contribution >= 0.6 is 11.6 Å². The van der Waals surface area contributed by atoms with Crippen molar-refractivity contribution >= 4 is 45.5 Å². The zero-order valence-corrected chi connectivity index (χ0v) is 24.1. The predicted molar refractivity (Wildman–Crippen MR) is 162 cm³/mol. The van der Waals surface area contributed by atoms with Crippen molar-refractivity contribution in [2.45, 2.75) is 26.6 Å². The molecule has 0 bridgehead atoms. The number of nitrogens with one attached hydrogen (secondary N) is 2. The van der Waals surface area contributed by atoms with E-state index in [1.54, 1.807) is 36.5 Å². The Kier molecular flexibility index (Phi) is 9.74. The first-order valence-electron chi connectivity index (χ1n) is 13.0. The lowest BCUT2D eigenvalue weighted by Gasteiger charge is -2.18. The molecule has 0 atom stereocenters. The lowest BCUT2D eigenvalue weighted by molar-refractivity contribution is -0.111. The number of hydrogen-bond donors (Lipinski definition) is 2. The monoisotopic (exact) mass is 570 g/mol. The van der Waals surface area contributed by atoms with E-state index in [9.17, 15) is 10.1 Å². The van der Waals surface area contributed by atoms with Crippen LogP contribution in [0.5, 0.6) is 11.5 Å². The van der Waals surface area contributed by atoms with Crippen LogP contribution in [0, 0.1) is 11.3 Å². The number of carbonyl (C=O) groups is 1. The third-order valence-electron chi connectivity index (χ3n) is 5.75. The van der Waals surface area contributed by atoms with Crippen molar-refractivity contribution in [3.8, 4) is 17.6 Å². The average Bonchev–Trinajstić information content (AvgIpc) is 2.93. The number of benzene rings is 2. The molecule has 0 spiro atoms. The minimum absolute atomic E-state index is 0.135. The van der Waals surface area contributed by atoms with E-state index in [-0.39, 0.29) is 18.6 Å². The van der Waals surface area contributed by atoms with Crippen molar-refractivity contribution in [2.75, 3.05) is 31.3 Å². The van der Waals surface area contributed by atoms with Crippen molar-refractivity contribution in [1.29, 1.82) is 5.26 Å². The Morgan fingerprint density at radius 1 is 1.15 bits per heavy atom. The highest BCUT2D eigenvalue weighted by molar-refractivity contribution is 6.32. The second-order valence-electron chi connectivity index (χ2n) is 9.72. The minimum atomic E-state index is -0.299. The molecular formula is C31H31ClN6O3. The molecular weight excluding hydrogens is 540 g/mol. The Hall–Kier alpha value is -4.65. The van der Waals surface area contributed by atoms with Crippen LogP contribution in [0.2, 0.25) is 5.02 Å². The fourth-order valence-electron chi connectivity index (χ4n) is 3.91. The van der Waals surface area contributed by atoms with Gasteiger partial charge in [-0.3, -0.25) is 14.8 Å². The summed E-state index contributed by atoms with van der Waals surface area (Å²) in [4.78, 5) is 23.4. The van der Waals surface area contributed by atoms with Crippen LogP contribution in [0.25, 0.3) is 10.9 Å². The molecule has 0 aliphatic carbocycles. The van der Waals surface area contributed by atoms with Crippen LogP contribution in [-0.4, -0.2) is 47.5 Å². The SMILES string of the molecule is CC(C)Oc1cc2ncc(C#N)c(Nc3ccc(OCc4ccccn4)c(Cl)c3)c2cc1NC(=O)/C=C/CN(C)C. The van der Waals surface area contributed by atoms with Crippen molar-refractivity contribution < 1.29 is 14.3 Å². The average molecular weight is 571 g/mol. The summed E-state index contributed by atoms with van der Waals surface area (Å²) in [5, 5.41) is 17.1. The molecule has 2 aromatic heterocycles. The highest BCUT2D eigenvalue weighted by Crippen LogP contribution is 2.37.